The number of hydrogen-bond acceptors (Lipinski definition) is 4. The van der Waals surface area contributed by atoms with E-state index in [0.29, 0.717) is 5.69 Å². The standard InChI is InChI=1S/C15H15F4N3O3S/c16-11-3-1-2-4-13(11)26(23,24)20-6-7-22-12-5-8-25-9-10(12)14(21-22)15(17,18)19/h1-4,20H,5-9H2. The van der Waals surface area contributed by atoms with Gasteiger partial charge >= 0.3 is 6.18 Å². The molecule has 1 aliphatic rings. The van der Waals surface area contributed by atoms with Crippen LogP contribution in [0.1, 0.15) is 17.0 Å². The van der Waals surface area contributed by atoms with Crippen molar-refractivity contribution in [2.45, 2.75) is 30.6 Å². The number of ether oxygens (including phenoxy) is 1. The van der Waals surface area contributed by atoms with Crippen molar-refractivity contribution < 1.29 is 30.7 Å². The zero-order valence-corrected chi connectivity index (χ0v) is 14.2. The van der Waals surface area contributed by atoms with Gasteiger partial charge < -0.3 is 4.74 Å². The van der Waals surface area contributed by atoms with Crippen molar-refractivity contribution in [1.82, 2.24) is 14.5 Å². The predicted molar refractivity (Wildman–Crippen MR) is 82.2 cm³/mol. The Kier molecular flexibility index (Phi) is 5.04. The summed E-state index contributed by atoms with van der Waals surface area (Å²) in [7, 11) is -4.12. The Morgan fingerprint density at radius 3 is 2.69 bits per heavy atom. The van der Waals surface area contributed by atoms with Gasteiger partial charge in [0.05, 0.1) is 19.8 Å². The van der Waals surface area contributed by atoms with Gasteiger partial charge in [0.2, 0.25) is 10.0 Å². The normalized spacial score (nSPS) is 15.1. The molecule has 1 aromatic heterocycles. The van der Waals surface area contributed by atoms with E-state index in [1.54, 1.807) is 0 Å². The first-order valence-corrected chi connectivity index (χ1v) is 9.16. The Morgan fingerprint density at radius 1 is 1.27 bits per heavy atom. The van der Waals surface area contributed by atoms with Crippen LogP contribution in [0, 0.1) is 5.82 Å². The second-order valence-corrected chi connectivity index (χ2v) is 7.36. The second kappa shape index (κ2) is 6.97. The molecule has 0 amide bonds. The van der Waals surface area contributed by atoms with Crippen LogP contribution in [-0.4, -0.2) is 31.3 Å². The lowest BCUT2D eigenvalue weighted by Gasteiger charge is -2.15. The fourth-order valence-corrected chi connectivity index (χ4v) is 3.85. The van der Waals surface area contributed by atoms with E-state index < -0.39 is 32.6 Å². The maximum absolute atomic E-state index is 13.6. The summed E-state index contributed by atoms with van der Waals surface area (Å²) >= 11 is 0. The number of rotatable bonds is 5. The zero-order valence-electron chi connectivity index (χ0n) is 13.4. The molecule has 1 N–H and O–H groups in total. The van der Waals surface area contributed by atoms with Gasteiger partial charge in [0.25, 0.3) is 0 Å². The van der Waals surface area contributed by atoms with E-state index in [2.05, 4.69) is 9.82 Å². The van der Waals surface area contributed by atoms with Crippen LogP contribution < -0.4 is 4.72 Å². The highest BCUT2D eigenvalue weighted by Gasteiger charge is 2.39. The van der Waals surface area contributed by atoms with Gasteiger partial charge in [-0.15, -0.1) is 0 Å². The minimum atomic E-state index is -4.62. The van der Waals surface area contributed by atoms with Crippen LogP contribution in [0.25, 0.3) is 0 Å². The van der Waals surface area contributed by atoms with Crippen LogP contribution >= 0.6 is 0 Å². The number of nitrogens with zero attached hydrogens (tertiary/aromatic N) is 2. The van der Waals surface area contributed by atoms with Crippen molar-refractivity contribution in [3.8, 4) is 0 Å². The molecule has 142 valence electrons. The third kappa shape index (κ3) is 3.74. The number of nitrogens with one attached hydrogen (secondary N) is 1. The van der Waals surface area contributed by atoms with Crippen LogP contribution in [-0.2, 0) is 40.5 Å². The lowest BCUT2D eigenvalue weighted by molar-refractivity contribution is -0.142. The first-order valence-electron chi connectivity index (χ1n) is 7.68. The topological polar surface area (TPSA) is 73.2 Å². The summed E-state index contributed by atoms with van der Waals surface area (Å²) in [5.41, 5.74) is -0.682. The smallest absolute Gasteiger partial charge is 0.376 e. The summed E-state index contributed by atoms with van der Waals surface area (Å²) in [6, 6.07) is 4.84. The first kappa shape index (κ1) is 18.8. The third-order valence-corrected chi connectivity index (χ3v) is 5.40. The number of fused-ring (bicyclic) bond motifs is 1. The van der Waals surface area contributed by atoms with Crippen LogP contribution in [0.5, 0.6) is 0 Å². The molecule has 0 radical (unpaired) electrons. The number of benzene rings is 1. The number of aromatic nitrogens is 2. The van der Waals surface area contributed by atoms with Gasteiger partial charge in [-0.3, -0.25) is 4.68 Å². The average molecular weight is 393 g/mol. The molecule has 0 bridgehead atoms. The van der Waals surface area contributed by atoms with Gasteiger partial charge in [-0.1, -0.05) is 12.1 Å². The minimum Gasteiger partial charge on any atom is -0.376 e. The molecule has 1 aromatic carbocycles. The summed E-state index contributed by atoms with van der Waals surface area (Å²) in [6.07, 6.45) is -4.37. The monoisotopic (exact) mass is 393 g/mol. The van der Waals surface area contributed by atoms with Crippen molar-refractivity contribution in [2.75, 3.05) is 13.2 Å². The lowest BCUT2D eigenvalue weighted by Crippen LogP contribution is -2.29. The molecule has 0 unspecified atom stereocenters. The molecule has 1 aliphatic heterocycles. The largest absolute Gasteiger partial charge is 0.435 e. The minimum absolute atomic E-state index is 0.0271. The molecular weight excluding hydrogens is 378 g/mol. The molecule has 0 atom stereocenters. The molecule has 0 aliphatic carbocycles. The van der Waals surface area contributed by atoms with Crippen molar-refractivity contribution >= 4 is 10.0 Å². The quantitative estimate of drug-likeness (QED) is 0.790. The molecule has 0 saturated heterocycles. The van der Waals surface area contributed by atoms with E-state index in [1.807, 2.05) is 0 Å². The van der Waals surface area contributed by atoms with Crippen LogP contribution in [0.3, 0.4) is 0 Å². The molecule has 2 heterocycles. The van der Waals surface area contributed by atoms with E-state index in [-0.39, 0.29) is 38.3 Å². The van der Waals surface area contributed by atoms with Gasteiger partial charge in [0.1, 0.15) is 10.7 Å². The zero-order chi connectivity index (χ0) is 18.9. The fourth-order valence-electron chi connectivity index (χ4n) is 2.75. The van der Waals surface area contributed by atoms with Crippen molar-refractivity contribution in [3.63, 3.8) is 0 Å². The number of hydrogen-bond donors (Lipinski definition) is 1. The van der Waals surface area contributed by atoms with Gasteiger partial charge in [0, 0.05) is 24.2 Å². The summed E-state index contributed by atoms with van der Waals surface area (Å²) in [5.74, 6) is -0.909. The summed E-state index contributed by atoms with van der Waals surface area (Å²) in [4.78, 5) is -0.521. The Labute approximate surface area is 146 Å². The molecule has 11 heteroatoms. The van der Waals surface area contributed by atoms with E-state index in [9.17, 15) is 26.0 Å². The predicted octanol–water partition coefficient (Wildman–Crippen LogP) is 2.09. The second-order valence-electron chi connectivity index (χ2n) is 5.63. The maximum Gasteiger partial charge on any atom is 0.435 e. The fraction of sp³-hybridized carbons (Fsp3) is 0.400. The number of sulfonamides is 1. The van der Waals surface area contributed by atoms with Crippen LogP contribution in [0.4, 0.5) is 17.6 Å². The molecular formula is C15H15F4N3O3S. The third-order valence-electron chi connectivity index (χ3n) is 3.91. The maximum atomic E-state index is 13.6. The highest BCUT2D eigenvalue weighted by Crippen LogP contribution is 2.34. The first-order chi connectivity index (χ1) is 12.2. The lowest BCUT2D eigenvalue weighted by atomic mass is 10.1. The van der Waals surface area contributed by atoms with Gasteiger partial charge in [-0.25, -0.2) is 17.5 Å². The number of halogens is 4. The van der Waals surface area contributed by atoms with E-state index in [1.165, 1.54) is 12.1 Å². The van der Waals surface area contributed by atoms with E-state index in [0.717, 1.165) is 16.8 Å². The van der Waals surface area contributed by atoms with Crippen molar-refractivity contribution in [3.05, 3.63) is 47.0 Å². The van der Waals surface area contributed by atoms with Gasteiger partial charge in [-0.05, 0) is 12.1 Å². The Morgan fingerprint density at radius 2 is 2.00 bits per heavy atom. The van der Waals surface area contributed by atoms with Crippen LogP contribution in [0.2, 0.25) is 0 Å². The summed E-state index contributed by atoms with van der Waals surface area (Å²) in [5, 5.41) is 3.58. The molecule has 2 aromatic rings. The van der Waals surface area contributed by atoms with Gasteiger partial charge in [-0.2, -0.15) is 18.3 Å². The molecule has 0 fully saturated rings. The summed E-state index contributed by atoms with van der Waals surface area (Å²) in [6.45, 7) is -0.281. The van der Waals surface area contributed by atoms with E-state index >= 15 is 0 Å². The molecule has 26 heavy (non-hydrogen) atoms. The molecule has 0 saturated carbocycles. The van der Waals surface area contributed by atoms with Crippen LogP contribution in [0.15, 0.2) is 29.2 Å². The Bertz CT molecular complexity index is 909. The Balaban J connectivity index is 1.77. The molecule has 3 rings (SSSR count). The number of alkyl halides is 3. The Hall–Kier alpha value is -1.98. The van der Waals surface area contributed by atoms with E-state index in [4.69, 9.17) is 4.74 Å². The van der Waals surface area contributed by atoms with Crippen molar-refractivity contribution in [2.24, 2.45) is 0 Å². The molecule has 6 nitrogen and oxygen atoms in total. The highest BCUT2D eigenvalue weighted by molar-refractivity contribution is 7.89. The SMILES string of the molecule is O=S(=O)(NCCn1nc(C(F)(F)F)c2c1CCOC2)c1ccccc1F. The molecule has 0 spiro atoms. The average Bonchev–Trinajstić information content (AvgIpc) is 2.94. The summed E-state index contributed by atoms with van der Waals surface area (Å²) < 4.78 is 85.5. The van der Waals surface area contributed by atoms with Gasteiger partial charge in [0.15, 0.2) is 5.69 Å². The van der Waals surface area contributed by atoms with Crippen molar-refractivity contribution in [1.29, 1.82) is 0 Å². The highest BCUT2D eigenvalue weighted by atomic mass is 32.2.